The van der Waals surface area contributed by atoms with Crippen LogP contribution in [0.5, 0.6) is 0 Å². The Morgan fingerprint density at radius 1 is 1.05 bits per heavy atom. The maximum atomic E-state index is 12.0. The average molecular weight is 311 g/mol. The normalized spacial score (nSPS) is 17.0. The number of sulfonamides is 1. The lowest BCUT2D eigenvalue weighted by molar-refractivity contribution is 0.282. The molecule has 1 saturated carbocycles. The zero-order valence-corrected chi connectivity index (χ0v) is 13.2. The van der Waals surface area contributed by atoms with Crippen LogP contribution in [0.3, 0.4) is 0 Å². The van der Waals surface area contributed by atoms with Crippen LogP contribution in [0.4, 0.5) is 0 Å². The van der Waals surface area contributed by atoms with E-state index in [-0.39, 0.29) is 12.4 Å². The first-order chi connectivity index (χ1) is 10.1. The zero-order valence-electron chi connectivity index (χ0n) is 12.4. The van der Waals surface area contributed by atoms with Crippen LogP contribution >= 0.6 is 0 Å². The molecule has 0 amide bonds. The first-order valence-electron chi connectivity index (χ1n) is 7.75. The molecule has 0 atom stereocenters. The fourth-order valence-electron chi connectivity index (χ4n) is 2.89. The van der Waals surface area contributed by atoms with Crippen molar-refractivity contribution >= 4 is 10.0 Å². The number of rotatable bonds is 7. The highest BCUT2D eigenvalue weighted by Gasteiger charge is 2.20. The molecule has 0 saturated heterocycles. The predicted molar refractivity (Wildman–Crippen MR) is 84.4 cm³/mol. The Kier molecular flexibility index (Phi) is 6.21. The van der Waals surface area contributed by atoms with Crippen molar-refractivity contribution in [2.45, 2.75) is 45.1 Å². The number of hydrogen-bond donors (Lipinski definition) is 2. The van der Waals surface area contributed by atoms with E-state index in [9.17, 15) is 8.42 Å². The summed E-state index contributed by atoms with van der Waals surface area (Å²) in [6, 6.07) is 7.60. The molecule has 1 aromatic rings. The van der Waals surface area contributed by atoms with Gasteiger partial charge in [-0.25, -0.2) is 13.1 Å². The monoisotopic (exact) mass is 311 g/mol. The van der Waals surface area contributed by atoms with E-state index in [1.807, 2.05) is 24.3 Å². The number of nitrogens with one attached hydrogen (secondary N) is 1. The summed E-state index contributed by atoms with van der Waals surface area (Å²) in [4.78, 5) is 0. The molecule has 0 aromatic heterocycles. The van der Waals surface area contributed by atoms with Crippen LogP contribution in [0.25, 0.3) is 0 Å². The van der Waals surface area contributed by atoms with Crippen LogP contribution in [-0.4, -0.2) is 25.8 Å². The van der Waals surface area contributed by atoms with Gasteiger partial charge in [0.15, 0.2) is 0 Å². The molecule has 0 bridgehead atoms. The lowest BCUT2D eigenvalue weighted by atomic mass is 9.91. The van der Waals surface area contributed by atoms with Gasteiger partial charge in [0, 0.05) is 6.54 Å². The third-order valence-corrected chi connectivity index (χ3v) is 5.68. The number of aliphatic hydroxyl groups is 1. The minimum atomic E-state index is -3.15. The molecule has 1 fully saturated rings. The molecule has 0 heterocycles. The minimum Gasteiger partial charge on any atom is -0.392 e. The van der Waals surface area contributed by atoms with Crippen molar-refractivity contribution < 1.29 is 13.5 Å². The summed E-state index contributed by atoms with van der Waals surface area (Å²) in [7, 11) is -3.15. The van der Waals surface area contributed by atoms with Gasteiger partial charge in [0.2, 0.25) is 10.0 Å². The van der Waals surface area contributed by atoms with Gasteiger partial charge in [-0.3, -0.25) is 0 Å². The Balaban J connectivity index is 1.75. The number of aliphatic hydroxyl groups excluding tert-OH is 1. The lowest BCUT2D eigenvalue weighted by Crippen LogP contribution is -2.32. The van der Waals surface area contributed by atoms with E-state index in [2.05, 4.69) is 4.72 Å². The van der Waals surface area contributed by atoms with Crippen LogP contribution in [0.1, 0.15) is 43.2 Å². The van der Waals surface area contributed by atoms with Gasteiger partial charge < -0.3 is 5.11 Å². The van der Waals surface area contributed by atoms with Gasteiger partial charge in [0.1, 0.15) is 0 Å². The van der Waals surface area contributed by atoms with E-state index in [1.54, 1.807) is 0 Å². The molecule has 118 valence electrons. The molecule has 0 radical (unpaired) electrons. The third kappa shape index (κ3) is 5.77. The van der Waals surface area contributed by atoms with Gasteiger partial charge in [-0.15, -0.1) is 0 Å². The average Bonchev–Trinajstić information content (AvgIpc) is 2.48. The van der Waals surface area contributed by atoms with Gasteiger partial charge in [0.05, 0.1) is 12.4 Å². The van der Waals surface area contributed by atoms with E-state index in [0.29, 0.717) is 18.9 Å². The van der Waals surface area contributed by atoms with Crippen molar-refractivity contribution in [3.63, 3.8) is 0 Å². The first-order valence-corrected chi connectivity index (χ1v) is 9.40. The fourth-order valence-corrected chi connectivity index (χ4v) is 4.37. The van der Waals surface area contributed by atoms with Crippen LogP contribution < -0.4 is 4.72 Å². The van der Waals surface area contributed by atoms with Crippen LogP contribution in [0.2, 0.25) is 0 Å². The summed E-state index contributed by atoms with van der Waals surface area (Å²) in [6.07, 6.45) is 6.34. The second kappa shape index (κ2) is 7.92. The highest BCUT2D eigenvalue weighted by atomic mass is 32.2. The van der Waals surface area contributed by atoms with Crippen LogP contribution in [0, 0.1) is 5.92 Å². The van der Waals surface area contributed by atoms with Crippen LogP contribution in [0.15, 0.2) is 24.3 Å². The van der Waals surface area contributed by atoms with Crippen molar-refractivity contribution in [1.82, 2.24) is 4.72 Å². The van der Waals surface area contributed by atoms with Gasteiger partial charge in [0.25, 0.3) is 0 Å². The van der Waals surface area contributed by atoms with Gasteiger partial charge in [-0.05, 0) is 36.3 Å². The minimum absolute atomic E-state index is 0.0360. The molecule has 1 aliphatic rings. The van der Waals surface area contributed by atoms with Crippen molar-refractivity contribution in [1.29, 1.82) is 0 Å². The summed E-state index contributed by atoms with van der Waals surface area (Å²) in [5, 5.41) is 8.98. The van der Waals surface area contributed by atoms with Crippen molar-refractivity contribution in [3.05, 3.63) is 35.4 Å². The highest BCUT2D eigenvalue weighted by molar-refractivity contribution is 7.89. The number of benzene rings is 1. The quantitative estimate of drug-likeness (QED) is 0.811. The molecular weight excluding hydrogens is 286 g/mol. The Morgan fingerprint density at radius 2 is 1.67 bits per heavy atom. The second-order valence-electron chi connectivity index (χ2n) is 5.90. The molecule has 0 aliphatic heterocycles. The molecule has 4 nitrogen and oxygen atoms in total. The SMILES string of the molecule is O=S(=O)(CC1CCCCC1)NCCc1ccc(CO)cc1. The first kappa shape index (κ1) is 16.5. The Hall–Kier alpha value is -0.910. The van der Waals surface area contributed by atoms with E-state index in [0.717, 1.165) is 36.8 Å². The zero-order chi connectivity index (χ0) is 15.1. The molecule has 5 heteroatoms. The molecule has 1 aliphatic carbocycles. The fraction of sp³-hybridized carbons (Fsp3) is 0.625. The Morgan fingerprint density at radius 3 is 2.29 bits per heavy atom. The van der Waals surface area contributed by atoms with Crippen LogP contribution in [-0.2, 0) is 23.1 Å². The molecule has 2 N–H and O–H groups in total. The second-order valence-corrected chi connectivity index (χ2v) is 7.76. The summed E-state index contributed by atoms with van der Waals surface area (Å²) in [6.45, 7) is 0.474. The summed E-state index contributed by atoms with van der Waals surface area (Å²) < 4.78 is 26.8. The molecule has 0 unspecified atom stereocenters. The molecule has 2 rings (SSSR count). The predicted octanol–water partition coefficient (Wildman–Crippen LogP) is 2.22. The van der Waals surface area contributed by atoms with Gasteiger partial charge in [-0.2, -0.15) is 0 Å². The van der Waals surface area contributed by atoms with Crippen molar-refractivity contribution in [2.75, 3.05) is 12.3 Å². The summed E-state index contributed by atoms with van der Waals surface area (Å²) in [5.74, 6) is 0.608. The van der Waals surface area contributed by atoms with Crippen molar-refractivity contribution in [3.8, 4) is 0 Å². The molecule has 1 aromatic carbocycles. The summed E-state index contributed by atoms with van der Waals surface area (Å²) in [5.41, 5.74) is 1.95. The number of hydrogen-bond acceptors (Lipinski definition) is 3. The summed E-state index contributed by atoms with van der Waals surface area (Å²) >= 11 is 0. The molecular formula is C16H25NO3S. The van der Waals surface area contributed by atoms with E-state index < -0.39 is 10.0 Å². The Labute approximate surface area is 127 Å². The van der Waals surface area contributed by atoms with E-state index in [4.69, 9.17) is 5.11 Å². The van der Waals surface area contributed by atoms with Gasteiger partial charge >= 0.3 is 0 Å². The third-order valence-electron chi connectivity index (χ3n) is 4.12. The largest absolute Gasteiger partial charge is 0.392 e. The molecule has 21 heavy (non-hydrogen) atoms. The topological polar surface area (TPSA) is 66.4 Å². The molecule has 0 spiro atoms. The highest BCUT2D eigenvalue weighted by Crippen LogP contribution is 2.24. The van der Waals surface area contributed by atoms with E-state index >= 15 is 0 Å². The maximum absolute atomic E-state index is 12.0. The standard InChI is InChI=1S/C16H25NO3S/c18-12-15-8-6-14(7-9-15)10-11-17-21(19,20)13-16-4-2-1-3-5-16/h6-9,16-18H,1-5,10-13H2. The smallest absolute Gasteiger partial charge is 0.211 e. The maximum Gasteiger partial charge on any atom is 0.211 e. The van der Waals surface area contributed by atoms with Gasteiger partial charge in [-0.1, -0.05) is 43.5 Å². The Bertz CT molecular complexity index is 519. The van der Waals surface area contributed by atoms with Crippen molar-refractivity contribution in [2.24, 2.45) is 5.92 Å². The lowest BCUT2D eigenvalue weighted by Gasteiger charge is -2.21. The van der Waals surface area contributed by atoms with E-state index in [1.165, 1.54) is 6.42 Å².